The fourth-order valence-electron chi connectivity index (χ4n) is 2.68. The van der Waals surface area contributed by atoms with Gasteiger partial charge in [0.05, 0.1) is 11.0 Å². The zero-order valence-corrected chi connectivity index (χ0v) is 13.4. The van der Waals surface area contributed by atoms with Crippen LogP contribution in [-0.2, 0) is 13.0 Å². The van der Waals surface area contributed by atoms with E-state index in [2.05, 4.69) is 56.5 Å². The van der Waals surface area contributed by atoms with Crippen molar-refractivity contribution in [3.63, 3.8) is 0 Å². The summed E-state index contributed by atoms with van der Waals surface area (Å²) in [5, 5.41) is 0. The maximum atomic E-state index is 4.86. The minimum atomic E-state index is 0.280. The average molecular weight is 272 g/mol. The van der Waals surface area contributed by atoms with E-state index in [0.29, 0.717) is 0 Å². The second-order valence-corrected chi connectivity index (χ2v) is 6.97. The standard InChI is InChI=1S/C18H28N2/c1-5-6-7-10-13-20-16-12-9-8-11-15(16)19-17(20)14-18(2,3)4/h8-9,11-12H,5-7,10,13-14H2,1-4H3. The summed E-state index contributed by atoms with van der Waals surface area (Å²) in [5.41, 5.74) is 2.72. The van der Waals surface area contributed by atoms with Gasteiger partial charge in [-0.2, -0.15) is 0 Å². The first-order valence-corrected chi connectivity index (χ1v) is 7.95. The Balaban J connectivity index is 2.25. The SMILES string of the molecule is CCCCCCn1c(CC(C)(C)C)nc2ccccc21. The highest BCUT2D eigenvalue weighted by Crippen LogP contribution is 2.24. The van der Waals surface area contributed by atoms with Crippen LogP contribution in [-0.4, -0.2) is 9.55 Å². The highest BCUT2D eigenvalue weighted by atomic mass is 15.1. The number of unbranched alkanes of at least 4 members (excludes halogenated alkanes) is 3. The molecule has 2 heteroatoms. The lowest BCUT2D eigenvalue weighted by Crippen LogP contribution is -2.14. The van der Waals surface area contributed by atoms with Crippen LogP contribution in [0, 0.1) is 5.41 Å². The van der Waals surface area contributed by atoms with Gasteiger partial charge in [0, 0.05) is 13.0 Å². The van der Waals surface area contributed by atoms with Crippen molar-refractivity contribution in [2.45, 2.75) is 66.3 Å². The monoisotopic (exact) mass is 272 g/mol. The van der Waals surface area contributed by atoms with Gasteiger partial charge in [0.15, 0.2) is 0 Å². The Bertz CT molecular complexity index is 546. The first-order chi connectivity index (χ1) is 9.51. The van der Waals surface area contributed by atoms with Crippen molar-refractivity contribution in [1.29, 1.82) is 0 Å². The second kappa shape index (κ2) is 6.43. The number of hydrogen-bond acceptors (Lipinski definition) is 1. The molecule has 0 aliphatic carbocycles. The van der Waals surface area contributed by atoms with Crippen molar-refractivity contribution in [3.8, 4) is 0 Å². The van der Waals surface area contributed by atoms with E-state index in [9.17, 15) is 0 Å². The van der Waals surface area contributed by atoms with Crippen LogP contribution in [0.25, 0.3) is 11.0 Å². The molecule has 0 unspecified atom stereocenters. The van der Waals surface area contributed by atoms with E-state index < -0.39 is 0 Å². The lowest BCUT2D eigenvalue weighted by atomic mass is 9.92. The molecular formula is C18H28N2. The Kier molecular flexibility index (Phi) is 4.85. The predicted molar refractivity (Wildman–Crippen MR) is 87.0 cm³/mol. The van der Waals surface area contributed by atoms with Crippen LogP contribution in [0.1, 0.15) is 59.2 Å². The van der Waals surface area contributed by atoms with E-state index in [4.69, 9.17) is 4.98 Å². The number of rotatable bonds is 6. The largest absolute Gasteiger partial charge is 0.328 e. The Labute approximate surface area is 123 Å². The molecule has 0 saturated heterocycles. The molecule has 110 valence electrons. The molecule has 1 heterocycles. The summed E-state index contributed by atoms with van der Waals surface area (Å²) in [6, 6.07) is 8.53. The van der Waals surface area contributed by atoms with Gasteiger partial charge >= 0.3 is 0 Å². The van der Waals surface area contributed by atoms with Gasteiger partial charge < -0.3 is 4.57 Å². The third kappa shape index (κ3) is 3.84. The molecule has 2 aromatic rings. The number of aromatic nitrogens is 2. The summed E-state index contributed by atoms with van der Waals surface area (Å²) >= 11 is 0. The summed E-state index contributed by atoms with van der Waals surface area (Å²) < 4.78 is 2.44. The van der Waals surface area contributed by atoms with Crippen molar-refractivity contribution >= 4 is 11.0 Å². The van der Waals surface area contributed by atoms with Crippen molar-refractivity contribution in [2.24, 2.45) is 5.41 Å². The van der Waals surface area contributed by atoms with Crippen LogP contribution in [0.3, 0.4) is 0 Å². The van der Waals surface area contributed by atoms with Crippen LogP contribution in [0.4, 0.5) is 0 Å². The maximum absolute atomic E-state index is 4.86. The number of aryl methyl sites for hydroxylation is 1. The van der Waals surface area contributed by atoms with Gasteiger partial charge in [-0.25, -0.2) is 4.98 Å². The summed E-state index contributed by atoms with van der Waals surface area (Å²) in [6.07, 6.45) is 6.24. The number of benzene rings is 1. The topological polar surface area (TPSA) is 17.8 Å². The molecule has 0 bridgehead atoms. The molecule has 0 N–H and O–H groups in total. The quantitative estimate of drug-likeness (QED) is 0.660. The minimum Gasteiger partial charge on any atom is -0.328 e. The molecule has 0 fully saturated rings. The van der Waals surface area contributed by atoms with Gasteiger partial charge in [-0.05, 0) is 24.0 Å². The Hall–Kier alpha value is -1.31. The van der Waals surface area contributed by atoms with E-state index in [1.807, 2.05) is 0 Å². The van der Waals surface area contributed by atoms with Gasteiger partial charge in [0.1, 0.15) is 5.82 Å². The van der Waals surface area contributed by atoms with Crippen LogP contribution in [0.5, 0.6) is 0 Å². The minimum absolute atomic E-state index is 0.280. The van der Waals surface area contributed by atoms with Crippen LogP contribution >= 0.6 is 0 Å². The van der Waals surface area contributed by atoms with E-state index in [1.54, 1.807) is 0 Å². The van der Waals surface area contributed by atoms with Crippen LogP contribution in [0.15, 0.2) is 24.3 Å². The molecule has 0 saturated carbocycles. The normalized spacial score (nSPS) is 12.2. The fourth-order valence-corrected chi connectivity index (χ4v) is 2.68. The highest BCUT2D eigenvalue weighted by Gasteiger charge is 2.17. The number of para-hydroxylation sites is 2. The molecule has 2 nitrogen and oxygen atoms in total. The van der Waals surface area contributed by atoms with Gasteiger partial charge in [0.2, 0.25) is 0 Å². The van der Waals surface area contributed by atoms with Gasteiger partial charge in [-0.3, -0.25) is 0 Å². The second-order valence-electron chi connectivity index (χ2n) is 6.97. The third-order valence-electron chi connectivity index (χ3n) is 3.66. The van der Waals surface area contributed by atoms with E-state index in [1.165, 1.54) is 37.0 Å². The lowest BCUT2D eigenvalue weighted by molar-refractivity contribution is 0.391. The molecule has 0 aliphatic rings. The summed E-state index contributed by atoms with van der Waals surface area (Å²) in [6.45, 7) is 10.2. The molecule has 1 aromatic heterocycles. The Morgan fingerprint density at radius 3 is 2.50 bits per heavy atom. The molecule has 1 aromatic carbocycles. The molecule has 0 atom stereocenters. The van der Waals surface area contributed by atoms with Gasteiger partial charge in [0.25, 0.3) is 0 Å². The summed E-state index contributed by atoms with van der Waals surface area (Å²) in [5.74, 6) is 1.25. The molecule has 0 aliphatic heterocycles. The van der Waals surface area contributed by atoms with Crippen molar-refractivity contribution in [2.75, 3.05) is 0 Å². The van der Waals surface area contributed by atoms with E-state index >= 15 is 0 Å². The molecule has 2 rings (SSSR count). The van der Waals surface area contributed by atoms with Gasteiger partial charge in [-0.1, -0.05) is 59.1 Å². The number of fused-ring (bicyclic) bond motifs is 1. The Morgan fingerprint density at radius 1 is 1.05 bits per heavy atom. The summed E-state index contributed by atoms with van der Waals surface area (Å²) in [7, 11) is 0. The van der Waals surface area contributed by atoms with Crippen LogP contribution < -0.4 is 0 Å². The molecule has 0 radical (unpaired) electrons. The number of hydrogen-bond donors (Lipinski definition) is 0. The lowest BCUT2D eigenvalue weighted by Gasteiger charge is -2.18. The van der Waals surface area contributed by atoms with Crippen LogP contribution in [0.2, 0.25) is 0 Å². The number of imidazole rings is 1. The van der Waals surface area contributed by atoms with Crippen molar-refractivity contribution < 1.29 is 0 Å². The third-order valence-corrected chi connectivity index (χ3v) is 3.66. The molecule has 20 heavy (non-hydrogen) atoms. The Morgan fingerprint density at radius 2 is 1.80 bits per heavy atom. The van der Waals surface area contributed by atoms with Crippen molar-refractivity contribution in [1.82, 2.24) is 9.55 Å². The molecule has 0 amide bonds. The van der Waals surface area contributed by atoms with E-state index in [-0.39, 0.29) is 5.41 Å². The zero-order chi connectivity index (χ0) is 14.6. The average Bonchev–Trinajstić information content (AvgIpc) is 2.70. The first-order valence-electron chi connectivity index (χ1n) is 7.95. The molecule has 0 spiro atoms. The predicted octanol–water partition coefficient (Wildman–Crippen LogP) is 5.21. The first kappa shape index (κ1) is 15.1. The number of nitrogens with zero attached hydrogens (tertiary/aromatic N) is 2. The highest BCUT2D eigenvalue weighted by molar-refractivity contribution is 5.75. The van der Waals surface area contributed by atoms with Gasteiger partial charge in [-0.15, -0.1) is 0 Å². The summed E-state index contributed by atoms with van der Waals surface area (Å²) in [4.78, 5) is 4.86. The zero-order valence-electron chi connectivity index (χ0n) is 13.4. The smallest absolute Gasteiger partial charge is 0.110 e. The maximum Gasteiger partial charge on any atom is 0.110 e. The fraction of sp³-hybridized carbons (Fsp3) is 0.611. The molecular weight excluding hydrogens is 244 g/mol. The van der Waals surface area contributed by atoms with E-state index in [0.717, 1.165) is 18.5 Å². The van der Waals surface area contributed by atoms with Crippen molar-refractivity contribution in [3.05, 3.63) is 30.1 Å².